The van der Waals surface area contributed by atoms with Crippen molar-refractivity contribution >= 4 is 23.2 Å². The molecule has 0 saturated carbocycles. The zero-order chi connectivity index (χ0) is 24.1. The summed E-state index contributed by atoms with van der Waals surface area (Å²) in [5.74, 6) is 2.18. The van der Waals surface area contributed by atoms with Gasteiger partial charge in [0.1, 0.15) is 35.4 Å². The lowest BCUT2D eigenvalue weighted by atomic mass is 9.84. The summed E-state index contributed by atoms with van der Waals surface area (Å²) < 4.78 is 33.4. The number of ether oxygens (including phenoxy) is 3. The number of fused-ring (bicyclic) bond motifs is 3. The third kappa shape index (κ3) is 3.49. The SMILES string of the molecule is COc1ccc(C2Oc3ccc(Cl)cc3C3=C2C(c2ccc(F)cc2)n2ncnc2N3)c(OC)c1. The van der Waals surface area contributed by atoms with E-state index in [0.717, 1.165) is 28.0 Å². The molecule has 0 aliphatic carbocycles. The molecule has 6 rings (SSSR count). The first-order valence-corrected chi connectivity index (χ1v) is 11.3. The molecule has 0 fully saturated rings. The summed E-state index contributed by atoms with van der Waals surface area (Å²) in [6.07, 6.45) is 0.930. The number of halogens is 2. The van der Waals surface area contributed by atoms with Crippen molar-refractivity contribution < 1.29 is 18.6 Å². The minimum Gasteiger partial charge on any atom is -0.497 e. The van der Waals surface area contributed by atoms with Crippen LogP contribution in [0.25, 0.3) is 5.70 Å². The molecule has 2 aliphatic heterocycles. The molecule has 0 bridgehead atoms. The second kappa shape index (κ2) is 8.32. The van der Waals surface area contributed by atoms with Crippen molar-refractivity contribution in [3.05, 3.63) is 100 Å². The number of rotatable bonds is 4. The molecular formula is C26H20ClFN4O3. The van der Waals surface area contributed by atoms with E-state index in [2.05, 4.69) is 15.4 Å². The standard InChI is InChI=1S/C26H20ClFN4O3/c1-33-17-8-9-18(21(12-17)34-2)25-22-23(19-11-15(27)5-10-20(19)35-25)31-26-29-13-30-32(26)24(22)14-3-6-16(28)7-4-14/h3-13,24-25H,1-2H3,(H,29,30,31). The zero-order valence-electron chi connectivity index (χ0n) is 18.8. The molecule has 0 amide bonds. The normalized spacial score (nSPS) is 18.1. The molecule has 3 heterocycles. The van der Waals surface area contributed by atoms with Gasteiger partial charge in [-0.2, -0.15) is 10.1 Å². The molecule has 0 radical (unpaired) electrons. The van der Waals surface area contributed by atoms with Gasteiger partial charge in [0.2, 0.25) is 5.95 Å². The number of benzene rings is 3. The largest absolute Gasteiger partial charge is 0.497 e. The third-order valence-corrected chi connectivity index (χ3v) is 6.52. The van der Waals surface area contributed by atoms with Crippen LogP contribution in [-0.2, 0) is 0 Å². The molecular weight excluding hydrogens is 471 g/mol. The van der Waals surface area contributed by atoms with Crippen LogP contribution < -0.4 is 19.5 Å². The molecule has 1 N–H and O–H groups in total. The van der Waals surface area contributed by atoms with Gasteiger partial charge in [0.25, 0.3) is 0 Å². The highest BCUT2D eigenvalue weighted by atomic mass is 35.5. The summed E-state index contributed by atoms with van der Waals surface area (Å²) in [5, 5.41) is 8.48. The van der Waals surface area contributed by atoms with Crippen LogP contribution in [0, 0.1) is 5.82 Å². The Kier molecular flexibility index (Phi) is 5.11. The number of hydrogen-bond donors (Lipinski definition) is 1. The van der Waals surface area contributed by atoms with Gasteiger partial charge in [-0.1, -0.05) is 23.7 Å². The Balaban J connectivity index is 1.63. The van der Waals surface area contributed by atoms with Crippen LogP contribution in [0.5, 0.6) is 17.2 Å². The van der Waals surface area contributed by atoms with Crippen LogP contribution in [0.2, 0.25) is 5.02 Å². The second-order valence-electron chi connectivity index (χ2n) is 8.18. The molecule has 0 saturated heterocycles. The highest BCUT2D eigenvalue weighted by Crippen LogP contribution is 2.52. The fourth-order valence-electron chi connectivity index (χ4n) is 4.70. The molecule has 4 aromatic rings. The Bertz CT molecular complexity index is 1470. The van der Waals surface area contributed by atoms with Gasteiger partial charge in [0.15, 0.2) is 6.10 Å². The summed E-state index contributed by atoms with van der Waals surface area (Å²) >= 11 is 6.38. The van der Waals surface area contributed by atoms with E-state index in [1.165, 1.54) is 18.5 Å². The Hall–Kier alpha value is -4.04. The maximum Gasteiger partial charge on any atom is 0.226 e. The van der Waals surface area contributed by atoms with Gasteiger partial charge in [0.05, 0.1) is 19.9 Å². The Morgan fingerprint density at radius 3 is 2.63 bits per heavy atom. The van der Waals surface area contributed by atoms with Gasteiger partial charge in [-0.05, 0) is 48.0 Å². The minimum atomic E-state index is -0.556. The lowest BCUT2D eigenvalue weighted by Crippen LogP contribution is -2.32. The number of anilines is 1. The van der Waals surface area contributed by atoms with Crippen LogP contribution in [0.15, 0.2) is 72.6 Å². The quantitative estimate of drug-likeness (QED) is 0.399. The maximum atomic E-state index is 13.8. The first-order chi connectivity index (χ1) is 17.1. The number of hydrogen-bond acceptors (Lipinski definition) is 6. The monoisotopic (exact) mass is 490 g/mol. The van der Waals surface area contributed by atoms with Gasteiger partial charge in [0, 0.05) is 27.8 Å². The summed E-state index contributed by atoms with van der Waals surface area (Å²) in [5.41, 5.74) is 4.12. The van der Waals surface area contributed by atoms with Crippen molar-refractivity contribution in [1.29, 1.82) is 0 Å². The molecule has 2 unspecified atom stereocenters. The van der Waals surface area contributed by atoms with E-state index in [1.54, 1.807) is 37.1 Å². The lowest BCUT2D eigenvalue weighted by molar-refractivity contribution is 0.217. The third-order valence-electron chi connectivity index (χ3n) is 6.28. The summed E-state index contributed by atoms with van der Waals surface area (Å²) in [6.45, 7) is 0. The lowest BCUT2D eigenvalue weighted by Gasteiger charge is -2.39. The molecule has 35 heavy (non-hydrogen) atoms. The van der Waals surface area contributed by atoms with Crippen molar-refractivity contribution in [2.75, 3.05) is 19.5 Å². The number of aromatic nitrogens is 3. The van der Waals surface area contributed by atoms with E-state index in [1.807, 2.05) is 30.3 Å². The average Bonchev–Trinajstić information content (AvgIpc) is 3.36. The second-order valence-corrected chi connectivity index (χ2v) is 8.62. The van der Waals surface area contributed by atoms with Gasteiger partial charge in [-0.3, -0.25) is 0 Å². The number of methoxy groups -OCH3 is 2. The number of nitrogens with one attached hydrogen (secondary N) is 1. The van der Waals surface area contributed by atoms with E-state index in [9.17, 15) is 4.39 Å². The molecule has 2 atom stereocenters. The Morgan fingerprint density at radius 2 is 1.86 bits per heavy atom. The smallest absolute Gasteiger partial charge is 0.226 e. The van der Waals surface area contributed by atoms with Gasteiger partial charge in [-0.25, -0.2) is 9.07 Å². The highest BCUT2D eigenvalue weighted by molar-refractivity contribution is 6.30. The predicted molar refractivity (Wildman–Crippen MR) is 129 cm³/mol. The molecule has 9 heteroatoms. The molecule has 0 spiro atoms. The maximum absolute atomic E-state index is 13.8. The molecule has 7 nitrogen and oxygen atoms in total. The van der Waals surface area contributed by atoms with E-state index in [4.69, 9.17) is 25.8 Å². The Labute approximate surface area is 205 Å². The van der Waals surface area contributed by atoms with E-state index in [-0.39, 0.29) is 5.82 Å². The van der Waals surface area contributed by atoms with E-state index >= 15 is 0 Å². The van der Waals surface area contributed by atoms with Crippen LogP contribution >= 0.6 is 11.6 Å². The van der Waals surface area contributed by atoms with E-state index < -0.39 is 12.1 Å². The topological polar surface area (TPSA) is 70.4 Å². The van der Waals surface area contributed by atoms with Gasteiger partial charge >= 0.3 is 0 Å². The fraction of sp³-hybridized carbons (Fsp3) is 0.154. The highest BCUT2D eigenvalue weighted by Gasteiger charge is 2.42. The molecule has 1 aromatic heterocycles. The van der Waals surface area contributed by atoms with Crippen molar-refractivity contribution in [3.63, 3.8) is 0 Å². The first-order valence-electron chi connectivity index (χ1n) is 10.9. The van der Waals surface area contributed by atoms with Crippen molar-refractivity contribution in [1.82, 2.24) is 14.8 Å². The number of nitrogens with zero attached hydrogens (tertiary/aromatic N) is 3. The Morgan fingerprint density at radius 1 is 1.03 bits per heavy atom. The van der Waals surface area contributed by atoms with Crippen LogP contribution in [0.3, 0.4) is 0 Å². The van der Waals surface area contributed by atoms with E-state index in [0.29, 0.717) is 28.2 Å². The molecule has 176 valence electrons. The predicted octanol–water partition coefficient (Wildman–Crippen LogP) is 5.65. The molecule has 2 aliphatic rings. The van der Waals surface area contributed by atoms with Crippen LogP contribution in [0.1, 0.15) is 28.8 Å². The fourth-order valence-corrected chi connectivity index (χ4v) is 4.87. The summed E-state index contributed by atoms with van der Waals surface area (Å²) in [7, 11) is 3.21. The summed E-state index contributed by atoms with van der Waals surface area (Å²) in [6, 6.07) is 17.0. The minimum absolute atomic E-state index is 0.318. The van der Waals surface area contributed by atoms with Gasteiger partial charge in [-0.15, -0.1) is 0 Å². The van der Waals surface area contributed by atoms with Gasteiger partial charge < -0.3 is 19.5 Å². The summed E-state index contributed by atoms with van der Waals surface area (Å²) in [4.78, 5) is 4.41. The van der Waals surface area contributed by atoms with Crippen molar-refractivity contribution in [2.24, 2.45) is 0 Å². The molecule has 3 aromatic carbocycles. The van der Waals surface area contributed by atoms with Crippen LogP contribution in [-0.4, -0.2) is 29.0 Å². The zero-order valence-corrected chi connectivity index (χ0v) is 19.6. The average molecular weight is 491 g/mol. The van der Waals surface area contributed by atoms with Crippen molar-refractivity contribution in [2.45, 2.75) is 12.1 Å². The van der Waals surface area contributed by atoms with Crippen molar-refractivity contribution in [3.8, 4) is 17.2 Å². The first kappa shape index (κ1) is 21.5. The van der Waals surface area contributed by atoms with Crippen LogP contribution in [0.4, 0.5) is 10.3 Å².